The number of hydrogen-bond donors (Lipinski definition) is 2. The molecule has 4 nitrogen and oxygen atoms in total. The summed E-state index contributed by atoms with van der Waals surface area (Å²) in [6, 6.07) is 7.02. The predicted molar refractivity (Wildman–Crippen MR) is 83.8 cm³/mol. The van der Waals surface area contributed by atoms with Gasteiger partial charge in [0, 0.05) is 11.1 Å². The van der Waals surface area contributed by atoms with E-state index in [1.54, 1.807) is 0 Å². The second-order valence-corrected chi connectivity index (χ2v) is 5.32. The van der Waals surface area contributed by atoms with Crippen LogP contribution in [0.5, 0.6) is 0 Å². The van der Waals surface area contributed by atoms with E-state index in [1.165, 1.54) is 18.2 Å². The van der Waals surface area contributed by atoms with Gasteiger partial charge in [-0.3, -0.25) is 9.59 Å². The smallest absolute Gasteiger partial charge is 0.253 e. The summed E-state index contributed by atoms with van der Waals surface area (Å²) in [6.07, 6.45) is 0. The second kappa shape index (κ2) is 7.39. The molecule has 0 unspecified atom stereocenters. The number of benzene rings is 2. The van der Waals surface area contributed by atoms with Crippen molar-refractivity contribution in [3.8, 4) is 0 Å². The summed E-state index contributed by atoms with van der Waals surface area (Å²) in [4.78, 5) is 23.6. The van der Waals surface area contributed by atoms with Crippen LogP contribution in [0.25, 0.3) is 0 Å². The fourth-order valence-electron chi connectivity index (χ4n) is 1.71. The summed E-state index contributed by atoms with van der Waals surface area (Å²) in [7, 11) is 0. The maximum absolute atomic E-state index is 13.4. The molecule has 2 aromatic rings. The highest BCUT2D eigenvalue weighted by Crippen LogP contribution is 2.20. The number of amides is 2. The number of anilines is 1. The quantitative estimate of drug-likeness (QED) is 0.876. The maximum atomic E-state index is 13.4. The standard InChI is InChI=1S/C15H10Cl2F2N2O2/c16-8-1-3-10(11(17)5-8)15(23)20-7-14(22)21-13-4-2-9(18)6-12(13)19/h1-6H,7H2,(H,20,23)(H,21,22). The third-order valence-electron chi connectivity index (χ3n) is 2.79. The molecule has 2 amide bonds. The van der Waals surface area contributed by atoms with Gasteiger partial charge in [-0.1, -0.05) is 23.2 Å². The normalized spacial score (nSPS) is 10.3. The summed E-state index contributed by atoms with van der Waals surface area (Å²) in [5.74, 6) is -2.92. The second-order valence-electron chi connectivity index (χ2n) is 4.48. The van der Waals surface area contributed by atoms with Crippen LogP contribution in [0, 0.1) is 11.6 Å². The summed E-state index contributed by atoms with van der Waals surface area (Å²) in [5.41, 5.74) is -0.0352. The average molecular weight is 359 g/mol. The molecule has 0 radical (unpaired) electrons. The van der Waals surface area contributed by atoms with Crippen molar-refractivity contribution in [2.45, 2.75) is 0 Å². The van der Waals surface area contributed by atoms with Crippen LogP contribution in [0.15, 0.2) is 36.4 Å². The minimum absolute atomic E-state index is 0.139. The summed E-state index contributed by atoms with van der Waals surface area (Å²) in [5, 5.41) is 5.06. The lowest BCUT2D eigenvalue weighted by atomic mass is 10.2. The van der Waals surface area contributed by atoms with Gasteiger partial charge >= 0.3 is 0 Å². The molecule has 0 atom stereocenters. The Bertz CT molecular complexity index is 769. The van der Waals surface area contributed by atoms with E-state index in [9.17, 15) is 18.4 Å². The molecule has 2 N–H and O–H groups in total. The van der Waals surface area contributed by atoms with Crippen molar-refractivity contribution in [1.82, 2.24) is 5.32 Å². The highest BCUT2D eigenvalue weighted by molar-refractivity contribution is 6.36. The van der Waals surface area contributed by atoms with Crippen LogP contribution >= 0.6 is 23.2 Å². The fraction of sp³-hybridized carbons (Fsp3) is 0.0667. The molecule has 0 heterocycles. The van der Waals surface area contributed by atoms with Crippen LogP contribution in [0.2, 0.25) is 10.0 Å². The molecule has 0 bridgehead atoms. The Hall–Kier alpha value is -2.18. The number of halogens is 4. The zero-order chi connectivity index (χ0) is 17.0. The Morgan fingerprint density at radius 2 is 1.78 bits per heavy atom. The molecule has 0 aliphatic rings. The molecule has 0 aliphatic heterocycles. The van der Waals surface area contributed by atoms with Crippen LogP contribution < -0.4 is 10.6 Å². The van der Waals surface area contributed by atoms with E-state index in [1.807, 2.05) is 0 Å². The van der Waals surface area contributed by atoms with Crippen LogP contribution in [-0.2, 0) is 4.79 Å². The van der Waals surface area contributed by atoms with Crippen LogP contribution in [0.4, 0.5) is 14.5 Å². The highest BCUT2D eigenvalue weighted by atomic mass is 35.5. The lowest BCUT2D eigenvalue weighted by Crippen LogP contribution is -2.33. The Kier molecular flexibility index (Phi) is 5.52. The lowest BCUT2D eigenvalue weighted by Gasteiger charge is -2.09. The number of hydrogen-bond acceptors (Lipinski definition) is 2. The predicted octanol–water partition coefficient (Wildman–Crippen LogP) is 3.64. The Balaban J connectivity index is 1.94. The summed E-state index contributed by atoms with van der Waals surface area (Å²) < 4.78 is 26.2. The van der Waals surface area contributed by atoms with Crippen molar-refractivity contribution in [2.75, 3.05) is 11.9 Å². The first kappa shape index (κ1) is 17.2. The Morgan fingerprint density at radius 1 is 1.04 bits per heavy atom. The van der Waals surface area contributed by atoms with Crippen molar-refractivity contribution in [3.05, 3.63) is 63.6 Å². The third-order valence-corrected chi connectivity index (χ3v) is 3.34. The molecular weight excluding hydrogens is 349 g/mol. The number of nitrogens with one attached hydrogen (secondary N) is 2. The number of carbonyl (C=O) groups is 2. The summed E-state index contributed by atoms with van der Waals surface area (Å²) >= 11 is 11.6. The van der Waals surface area contributed by atoms with Gasteiger partial charge in [-0.2, -0.15) is 0 Å². The highest BCUT2D eigenvalue weighted by Gasteiger charge is 2.13. The molecule has 2 aromatic carbocycles. The van der Waals surface area contributed by atoms with E-state index in [-0.39, 0.29) is 16.3 Å². The van der Waals surface area contributed by atoms with Crippen LogP contribution in [0.1, 0.15) is 10.4 Å². The largest absolute Gasteiger partial charge is 0.343 e. The SMILES string of the molecule is O=C(CNC(=O)c1ccc(Cl)cc1Cl)Nc1ccc(F)cc1F. The van der Waals surface area contributed by atoms with E-state index in [0.717, 1.165) is 12.1 Å². The Morgan fingerprint density at radius 3 is 2.43 bits per heavy atom. The van der Waals surface area contributed by atoms with Crippen molar-refractivity contribution < 1.29 is 18.4 Å². The minimum Gasteiger partial charge on any atom is -0.343 e. The topological polar surface area (TPSA) is 58.2 Å². The van der Waals surface area contributed by atoms with Gasteiger partial charge in [-0.05, 0) is 30.3 Å². The van der Waals surface area contributed by atoms with E-state index in [2.05, 4.69) is 10.6 Å². The minimum atomic E-state index is -0.912. The molecule has 0 saturated heterocycles. The first-order valence-corrected chi connectivity index (χ1v) is 7.10. The fourth-order valence-corrected chi connectivity index (χ4v) is 2.21. The van der Waals surface area contributed by atoms with Crippen molar-refractivity contribution in [3.63, 3.8) is 0 Å². The third kappa shape index (κ3) is 4.64. The van der Waals surface area contributed by atoms with Crippen molar-refractivity contribution >= 4 is 40.7 Å². The van der Waals surface area contributed by atoms with Gasteiger partial charge in [-0.15, -0.1) is 0 Å². The monoisotopic (exact) mass is 358 g/mol. The zero-order valence-corrected chi connectivity index (χ0v) is 13.0. The molecule has 0 aromatic heterocycles. The van der Waals surface area contributed by atoms with Gasteiger partial charge in [0.2, 0.25) is 5.91 Å². The number of rotatable bonds is 4. The van der Waals surface area contributed by atoms with Crippen LogP contribution in [0.3, 0.4) is 0 Å². The van der Waals surface area contributed by atoms with E-state index in [4.69, 9.17) is 23.2 Å². The molecule has 0 fully saturated rings. The van der Waals surface area contributed by atoms with Gasteiger partial charge in [-0.25, -0.2) is 8.78 Å². The van der Waals surface area contributed by atoms with E-state index >= 15 is 0 Å². The summed E-state index contributed by atoms with van der Waals surface area (Å²) in [6.45, 7) is -0.408. The Labute approximate surface area is 140 Å². The van der Waals surface area contributed by atoms with Crippen molar-refractivity contribution in [1.29, 1.82) is 0 Å². The molecule has 0 aliphatic carbocycles. The maximum Gasteiger partial charge on any atom is 0.253 e. The van der Waals surface area contributed by atoms with Crippen molar-refractivity contribution in [2.24, 2.45) is 0 Å². The molecule has 0 spiro atoms. The van der Waals surface area contributed by atoms with Gasteiger partial charge in [0.05, 0.1) is 22.8 Å². The first-order chi connectivity index (χ1) is 10.9. The van der Waals surface area contributed by atoms with Gasteiger partial charge < -0.3 is 10.6 Å². The van der Waals surface area contributed by atoms with Crippen LogP contribution in [-0.4, -0.2) is 18.4 Å². The molecule has 23 heavy (non-hydrogen) atoms. The lowest BCUT2D eigenvalue weighted by molar-refractivity contribution is -0.115. The molecule has 2 rings (SSSR count). The molecule has 8 heteroatoms. The molecule has 0 saturated carbocycles. The first-order valence-electron chi connectivity index (χ1n) is 6.35. The van der Waals surface area contributed by atoms with Gasteiger partial charge in [0.15, 0.2) is 0 Å². The number of carbonyl (C=O) groups excluding carboxylic acids is 2. The average Bonchev–Trinajstić information content (AvgIpc) is 2.48. The van der Waals surface area contributed by atoms with E-state index in [0.29, 0.717) is 11.1 Å². The zero-order valence-electron chi connectivity index (χ0n) is 11.5. The molecule has 120 valence electrons. The van der Waals surface area contributed by atoms with E-state index < -0.39 is 30.0 Å². The van der Waals surface area contributed by atoms with Gasteiger partial charge in [0.1, 0.15) is 11.6 Å². The van der Waals surface area contributed by atoms with Gasteiger partial charge in [0.25, 0.3) is 5.91 Å². The molecular formula is C15H10Cl2F2N2O2.